The number of rotatable bonds is 4. The van der Waals surface area contributed by atoms with Crippen LogP contribution in [0.1, 0.15) is 64.2 Å². The third-order valence-corrected chi connectivity index (χ3v) is 4.01. The number of hydrogen-bond donors (Lipinski definition) is 0. The first-order valence-electron chi connectivity index (χ1n) is 8.33. The smallest absolute Gasteiger partial charge is 0.330 e. The maximum atomic E-state index is 11.6. The predicted molar refractivity (Wildman–Crippen MR) is 86.3 cm³/mol. The average molecular weight is 308 g/mol. The van der Waals surface area contributed by atoms with E-state index in [9.17, 15) is 9.59 Å². The van der Waals surface area contributed by atoms with Crippen LogP contribution in [-0.4, -0.2) is 24.1 Å². The number of esters is 2. The first-order chi connectivity index (χ1) is 10.7. The first kappa shape index (κ1) is 18.5. The molecule has 4 nitrogen and oxygen atoms in total. The van der Waals surface area contributed by atoms with Gasteiger partial charge in [-0.1, -0.05) is 51.7 Å². The Kier molecular flexibility index (Phi) is 9.28. The SMILES string of the molecule is C=CC(=O)OC1CCCCCCCCCCC1OC(=O)C=C. The zero-order valence-corrected chi connectivity index (χ0v) is 13.4. The summed E-state index contributed by atoms with van der Waals surface area (Å²) in [6.07, 6.45) is 12.1. The van der Waals surface area contributed by atoms with Crippen molar-refractivity contribution in [3.63, 3.8) is 0 Å². The third-order valence-electron chi connectivity index (χ3n) is 4.01. The molecule has 0 amide bonds. The van der Waals surface area contributed by atoms with Gasteiger partial charge in [-0.25, -0.2) is 9.59 Å². The quantitative estimate of drug-likeness (QED) is 0.579. The molecule has 0 saturated heterocycles. The second-order valence-corrected chi connectivity index (χ2v) is 5.76. The Balaban J connectivity index is 2.74. The Bertz CT molecular complexity index is 339. The zero-order chi connectivity index (χ0) is 16.2. The highest BCUT2D eigenvalue weighted by Gasteiger charge is 2.27. The van der Waals surface area contributed by atoms with Gasteiger partial charge in [0.15, 0.2) is 0 Å². The second kappa shape index (κ2) is 11.0. The molecular formula is C18H28O4. The Morgan fingerprint density at radius 2 is 1.00 bits per heavy atom. The second-order valence-electron chi connectivity index (χ2n) is 5.76. The van der Waals surface area contributed by atoms with Gasteiger partial charge in [-0.05, 0) is 25.7 Å². The third kappa shape index (κ3) is 7.43. The summed E-state index contributed by atoms with van der Waals surface area (Å²) in [5, 5.41) is 0. The molecule has 0 bridgehead atoms. The maximum absolute atomic E-state index is 11.6. The molecule has 0 spiro atoms. The number of carbonyl (C=O) groups excluding carboxylic acids is 2. The van der Waals surface area contributed by atoms with Gasteiger partial charge >= 0.3 is 11.9 Å². The molecule has 0 aromatic rings. The molecule has 1 fully saturated rings. The lowest BCUT2D eigenvalue weighted by Crippen LogP contribution is -2.35. The van der Waals surface area contributed by atoms with Crippen molar-refractivity contribution in [3.8, 4) is 0 Å². The van der Waals surface area contributed by atoms with Gasteiger partial charge in [0.05, 0.1) is 0 Å². The van der Waals surface area contributed by atoms with Crippen LogP contribution in [0.5, 0.6) is 0 Å². The largest absolute Gasteiger partial charge is 0.455 e. The van der Waals surface area contributed by atoms with Crippen molar-refractivity contribution < 1.29 is 19.1 Å². The number of ether oxygens (including phenoxy) is 2. The van der Waals surface area contributed by atoms with Gasteiger partial charge in [0.1, 0.15) is 12.2 Å². The molecule has 1 saturated carbocycles. The van der Waals surface area contributed by atoms with Crippen molar-refractivity contribution in [3.05, 3.63) is 25.3 Å². The summed E-state index contributed by atoms with van der Waals surface area (Å²) < 4.78 is 10.9. The van der Waals surface area contributed by atoms with Gasteiger partial charge in [0, 0.05) is 12.2 Å². The molecule has 1 aliphatic carbocycles. The van der Waals surface area contributed by atoms with Crippen molar-refractivity contribution in [1.29, 1.82) is 0 Å². The number of carbonyl (C=O) groups is 2. The van der Waals surface area contributed by atoms with E-state index in [0.29, 0.717) is 12.8 Å². The zero-order valence-electron chi connectivity index (χ0n) is 13.4. The van der Waals surface area contributed by atoms with E-state index < -0.39 is 24.1 Å². The molecule has 0 heterocycles. The van der Waals surface area contributed by atoms with Crippen LogP contribution in [0.2, 0.25) is 0 Å². The summed E-state index contributed by atoms with van der Waals surface area (Å²) in [7, 11) is 0. The van der Waals surface area contributed by atoms with Crippen LogP contribution in [0.4, 0.5) is 0 Å². The molecule has 124 valence electrons. The fourth-order valence-electron chi connectivity index (χ4n) is 2.79. The Morgan fingerprint density at radius 1 is 0.682 bits per heavy atom. The highest BCUT2D eigenvalue weighted by molar-refractivity contribution is 5.82. The number of hydrogen-bond acceptors (Lipinski definition) is 4. The van der Waals surface area contributed by atoms with E-state index in [2.05, 4.69) is 13.2 Å². The first-order valence-corrected chi connectivity index (χ1v) is 8.33. The minimum absolute atomic E-state index is 0.395. The molecule has 1 aliphatic rings. The van der Waals surface area contributed by atoms with Gasteiger partial charge in [-0.3, -0.25) is 0 Å². The topological polar surface area (TPSA) is 52.6 Å². The van der Waals surface area contributed by atoms with Crippen LogP contribution in [0.15, 0.2) is 25.3 Å². The van der Waals surface area contributed by atoms with Gasteiger partial charge in [-0.2, -0.15) is 0 Å². The summed E-state index contributed by atoms with van der Waals surface area (Å²) in [4.78, 5) is 23.1. The normalized spacial score (nSPS) is 24.2. The van der Waals surface area contributed by atoms with E-state index >= 15 is 0 Å². The summed E-state index contributed by atoms with van der Waals surface area (Å²) in [5.74, 6) is -0.923. The van der Waals surface area contributed by atoms with Gasteiger partial charge in [0.2, 0.25) is 0 Å². The molecule has 0 aliphatic heterocycles. The van der Waals surface area contributed by atoms with Gasteiger partial charge in [-0.15, -0.1) is 0 Å². The highest BCUT2D eigenvalue weighted by atomic mass is 16.6. The molecule has 0 radical (unpaired) electrons. The van der Waals surface area contributed by atoms with Crippen molar-refractivity contribution in [2.45, 2.75) is 76.4 Å². The van der Waals surface area contributed by atoms with E-state index in [0.717, 1.165) is 37.8 Å². The van der Waals surface area contributed by atoms with Crippen LogP contribution in [0.3, 0.4) is 0 Å². The monoisotopic (exact) mass is 308 g/mol. The van der Waals surface area contributed by atoms with Crippen LogP contribution >= 0.6 is 0 Å². The van der Waals surface area contributed by atoms with Crippen LogP contribution in [-0.2, 0) is 19.1 Å². The Labute approximate surface area is 133 Å². The van der Waals surface area contributed by atoms with E-state index in [1.165, 1.54) is 25.7 Å². The Hall–Kier alpha value is -1.58. The average Bonchev–Trinajstić information content (AvgIpc) is 2.52. The van der Waals surface area contributed by atoms with Gasteiger partial charge in [0.25, 0.3) is 0 Å². The molecule has 22 heavy (non-hydrogen) atoms. The van der Waals surface area contributed by atoms with Crippen molar-refractivity contribution in [2.75, 3.05) is 0 Å². The standard InChI is InChI=1S/C18H28O4/c1-3-17(19)21-15-13-11-9-7-5-6-8-10-12-14-16(15)22-18(20)4-2/h3-4,15-16H,1-2,5-14H2. The van der Waals surface area contributed by atoms with E-state index in [-0.39, 0.29) is 0 Å². The van der Waals surface area contributed by atoms with E-state index in [1.54, 1.807) is 0 Å². The van der Waals surface area contributed by atoms with Gasteiger partial charge < -0.3 is 9.47 Å². The van der Waals surface area contributed by atoms with Crippen LogP contribution in [0, 0.1) is 0 Å². The minimum Gasteiger partial charge on any atom is -0.455 e. The lowest BCUT2D eigenvalue weighted by atomic mass is 9.97. The summed E-state index contributed by atoms with van der Waals surface area (Å²) in [5.41, 5.74) is 0. The van der Waals surface area contributed by atoms with Crippen molar-refractivity contribution >= 4 is 11.9 Å². The minimum atomic E-state index is -0.461. The van der Waals surface area contributed by atoms with E-state index in [1.807, 2.05) is 0 Å². The molecule has 0 N–H and O–H groups in total. The predicted octanol–water partition coefficient (Wildman–Crippen LogP) is 4.10. The fourth-order valence-corrected chi connectivity index (χ4v) is 2.79. The maximum Gasteiger partial charge on any atom is 0.330 e. The molecule has 1 rings (SSSR count). The molecule has 0 aromatic carbocycles. The summed E-state index contributed by atoms with van der Waals surface area (Å²) in [6, 6.07) is 0. The lowest BCUT2D eigenvalue weighted by Gasteiger charge is -2.27. The highest BCUT2D eigenvalue weighted by Crippen LogP contribution is 2.22. The lowest BCUT2D eigenvalue weighted by molar-refractivity contribution is -0.163. The summed E-state index contributed by atoms with van der Waals surface area (Å²) >= 11 is 0. The van der Waals surface area contributed by atoms with Crippen LogP contribution < -0.4 is 0 Å². The molecule has 2 atom stereocenters. The molecule has 4 heteroatoms. The fraction of sp³-hybridized carbons (Fsp3) is 0.667. The van der Waals surface area contributed by atoms with Crippen molar-refractivity contribution in [1.82, 2.24) is 0 Å². The van der Waals surface area contributed by atoms with Crippen LogP contribution in [0.25, 0.3) is 0 Å². The van der Waals surface area contributed by atoms with Crippen molar-refractivity contribution in [2.24, 2.45) is 0 Å². The molecule has 2 unspecified atom stereocenters. The molecule has 0 aromatic heterocycles. The molecular weight excluding hydrogens is 280 g/mol. The summed E-state index contributed by atoms with van der Waals surface area (Å²) in [6.45, 7) is 6.87. The van der Waals surface area contributed by atoms with E-state index in [4.69, 9.17) is 9.47 Å². The Morgan fingerprint density at radius 3 is 1.32 bits per heavy atom.